The summed E-state index contributed by atoms with van der Waals surface area (Å²) in [5.41, 5.74) is 6.78. The number of nitrogens with zero attached hydrogens (tertiary/aromatic N) is 1. The maximum absolute atomic E-state index is 12.6. The summed E-state index contributed by atoms with van der Waals surface area (Å²) in [5, 5.41) is 5.22. The third-order valence-corrected chi connectivity index (χ3v) is 5.61. The number of rotatable bonds is 3. The summed E-state index contributed by atoms with van der Waals surface area (Å²) < 4.78 is 5.32. The third-order valence-electron chi connectivity index (χ3n) is 4.85. The second-order valence-corrected chi connectivity index (χ2v) is 7.91. The van der Waals surface area contributed by atoms with Crippen molar-refractivity contribution in [1.82, 2.24) is 4.98 Å². The number of fused-ring (bicyclic) bond motifs is 1. The van der Waals surface area contributed by atoms with Crippen LogP contribution in [0.2, 0.25) is 0 Å². The van der Waals surface area contributed by atoms with E-state index in [1.807, 2.05) is 17.5 Å². The number of amides is 1. The van der Waals surface area contributed by atoms with Crippen LogP contribution in [0.25, 0.3) is 11.3 Å². The van der Waals surface area contributed by atoms with Gasteiger partial charge >= 0.3 is 5.97 Å². The molecular weight excluding hydrogens is 372 g/mol. The summed E-state index contributed by atoms with van der Waals surface area (Å²) in [6.07, 6.45) is -0.486. The highest BCUT2D eigenvalue weighted by atomic mass is 32.1. The van der Waals surface area contributed by atoms with Crippen LogP contribution in [0.3, 0.4) is 0 Å². The maximum atomic E-state index is 12.6. The monoisotopic (exact) mass is 392 g/mol. The smallest absolute Gasteiger partial charge is 0.339 e. The Morgan fingerprint density at radius 2 is 1.89 bits per heavy atom. The second kappa shape index (κ2) is 7.20. The molecule has 0 saturated heterocycles. The molecule has 1 N–H and O–H groups in total. The molecule has 0 spiro atoms. The molecule has 6 heteroatoms. The predicted molar refractivity (Wildman–Crippen MR) is 110 cm³/mol. The van der Waals surface area contributed by atoms with Crippen LogP contribution in [0.15, 0.2) is 41.8 Å². The molecule has 2 heterocycles. The van der Waals surface area contributed by atoms with E-state index in [1.54, 1.807) is 12.1 Å². The zero-order chi connectivity index (χ0) is 19.8. The number of carbonyl (C=O) groups is 2. The number of esters is 1. The predicted octanol–water partition coefficient (Wildman–Crippen LogP) is 4.46. The Hall–Kier alpha value is -2.99. The lowest BCUT2D eigenvalue weighted by atomic mass is 9.98. The SMILES string of the molecule is Cc1cc(C)c(-c2csc(NC(=O)[C@@H]3Cc4ccccc4C(=O)O3)n2)c(C)c1. The third kappa shape index (κ3) is 3.43. The van der Waals surface area contributed by atoms with Crippen molar-refractivity contribution >= 4 is 28.3 Å². The van der Waals surface area contributed by atoms with Gasteiger partial charge in [0.1, 0.15) is 0 Å². The molecule has 0 aliphatic carbocycles. The number of aromatic nitrogens is 1. The van der Waals surface area contributed by atoms with Gasteiger partial charge in [-0.1, -0.05) is 35.9 Å². The first-order chi connectivity index (χ1) is 13.4. The average Bonchev–Trinajstić information content (AvgIpc) is 3.08. The minimum Gasteiger partial charge on any atom is -0.448 e. The first-order valence-corrected chi connectivity index (χ1v) is 9.94. The minimum absolute atomic E-state index is 0.360. The fourth-order valence-corrected chi connectivity index (χ4v) is 4.40. The number of aryl methyl sites for hydroxylation is 3. The number of ether oxygens (including phenoxy) is 1. The van der Waals surface area contributed by atoms with E-state index < -0.39 is 12.1 Å². The van der Waals surface area contributed by atoms with Gasteiger partial charge in [0.15, 0.2) is 11.2 Å². The van der Waals surface area contributed by atoms with Crippen molar-refractivity contribution in [1.29, 1.82) is 0 Å². The van der Waals surface area contributed by atoms with Crippen LogP contribution < -0.4 is 5.32 Å². The van der Waals surface area contributed by atoms with Gasteiger partial charge in [-0.3, -0.25) is 10.1 Å². The van der Waals surface area contributed by atoms with Crippen molar-refractivity contribution in [2.75, 3.05) is 5.32 Å². The molecule has 5 nitrogen and oxygen atoms in total. The number of cyclic esters (lactones) is 1. The standard InChI is InChI=1S/C22H20N2O3S/c1-12-8-13(2)19(14(3)9-12)17-11-28-22(23-17)24-20(25)18-10-15-6-4-5-7-16(15)21(26)27-18/h4-9,11,18H,10H2,1-3H3,(H,23,24,25)/t18-/m0/s1. The molecule has 2 aromatic carbocycles. The first kappa shape index (κ1) is 18.4. The van der Waals surface area contributed by atoms with Gasteiger partial charge in [0.05, 0.1) is 11.3 Å². The molecule has 1 aliphatic rings. The summed E-state index contributed by atoms with van der Waals surface area (Å²) in [4.78, 5) is 29.3. The van der Waals surface area contributed by atoms with E-state index in [0.29, 0.717) is 17.1 Å². The van der Waals surface area contributed by atoms with Crippen molar-refractivity contribution < 1.29 is 14.3 Å². The molecule has 1 aromatic heterocycles. The minimum atomic E-state index is -0.849. The van der Waals surface area contributed by atoms with Crippen LogP contribution in [-0.2, 0) is 16.0 Å². The molecule has 0 fully saturated rings. The Bertz CT molecular complexity index is 1060. The number of hydrogen-bond donors (Lipinski definition) is 1. The van der Waals surface area contributed by atoms with Gasteiger partial charge in [0.2, 0.25) is 0 Å². The van der Waals surface area contributed by atoms with Gasteiger partial charge in [0.25, 0.3) is 5.91 Å². The normalized spacial score (nSPS) is 15.7. The highest BCUT2D eigenvalue weighted by molar-refractivity contribution is 7.14. The Balaban J connectivity index is 1.52. The summed E-state index contributed by atoms with van der Waals surface area (Å²) in [5.74, 6) is -0.825. The topological polar surface area (TPSA) is 68.3 Å². The van der Waals surface area contributed by atoms with Gasteiger partial charge in [-0.25, -0.2) is 9.78 Å². The Morgan fingerprint density at radius 3 is 2.64 bits per heavy atom. The largest absolute Gasteiger partial charge is 0.448 e. The molecule has 0 radical (unpaired) electrons. The molecule has 1 aliphatic heterocycles. The molecule has 0 saturated carbocycles. The lowest BCUT2D eigenvalue weighted by Crippen LogP contribution is -2.37. The van der Waals surface area contributed by atoms with E-state index in [9.17, 15) is 9.59 Å². The lowest BCUT2D eigenvalue weighted by molar-refractivity contribution is -0.125. The molecule has 3 aromatic rings. The van der Waals surface area contributed by atoms with Crippen molar-refractivity contribution in [2.24, 2.45) is 0 Å². The van der Waals surface area contributed by atoms with Crippen LogP contribution in [0.5, 0.6) is 0 Å². The molecule has 0 bridgehead atoms. The van der Waals surface area contributed by atoms with E-state index in [4.69, 9.17) is 4.74 Å². The fourth-order valence-electron chi connectivity index (χ4n) is 3.69. The van der Waals surface area contributed by atoms with Gasteiger partial charge < -0.3 is 4.74 Å². The van der Waals surface area contributed by atoms with Crippen molar-refractivity contribution in [3.05, 3.63) is 69.6 Å². The summed E-state index contributed by atoms with van der Waals surface area (Å²) >= 11 is 1.36. The van der Waals surface area contributed by atoms with Crippen molar-refractivity contribution in [2.45, 2.75) is 33.3 Å². The van der Waals surface area contributed by atoms with E-state index in [-0.39, 0.29) is 5.91 Å². The quantitative estimate of drug-likeness (QED) is 0.669. The number of nitrogens with one attached hydrogen (secondary N) is 1. The highest BCUT2D eigenvalue weighted by Gasteiger charge is 2.31. The van der Waals surface area contributed by atoms with Gasteiger partial charge in [-0.2, -0.15) is 0 Å². The van der Waals surface area contributed by atoms with Crippen LogP contribution in [-0.4, -0.2) is 23.0 Å². The van der Waals surface area contributed by atoms with E-state index in [0.717, 1.165) is 27.9 Å². The number of anilines is 1. The fraction of sp³-hybridized carbons (Fsp3) is 0.227. The lowest BCUT2D eigenvalue weighted by Gasteiger charge is -2.23. The molecule has 142 valence electrons. The molecule has 1 atom stereocenters. The van der Waals surface area contributed by atoms with Crippen LogP contribution in [0.4, 0.5) is 5.13 Å². The molecule has 28 heavy (non-hydrogen) atoms. The zero-order valence-electron chi connectivity index (χ0n) is 15.9. The highest BCUT2D eigenvalue weighted by Crippen LogP contribution is 2.31. The summed E-state index contributed by atoms with van der Waals surface area (Å²) in [6, 6.07) is 11.4. The Morgan fingerprint density at radius 1 is 1.18 bits per heavy atom. The molecular formula is C22H20N2O3S. The van der Waals surface area contributed by atoms with Crippen molar-refractivity contribution in [3.8, 4) is 11.3 Å². The number of carbonyl (C=O) groups excluding carboxylic acids is 2. The second-order valence-electron chi connectivity index (χ2n) is 7.06. The zero-order valence-corrected chi connectivity index (χ0v) is 16.7. The van der Waals surface area contributed by atoms with Crippen LogP contribution in [0.1, 0.15) is 32.6 Å². The van der Waals surface area contributed by atoms with Gasteiger partial charge in [-0.05, 0) is 43.5 Å². The number of thiazole rings is 1. The Kier molecular flexibility index (Phi) is 4.73. The van der Waals surface area contributed by atoms with E-state index >= 15 is 0 Å². The average molecular weight is 392 g/mol. The molecule has 4 rings (SSSR count). The van der Waals surface area contributed by atoms with Crippen molar-refractivity contribution in [3.63, 3.8) is 0 Å². The summed E-state index contributed by atoms with van der Waals surface area (Å²) in [6.45, 7) is 6.19. The van der Waals surface area contributed by atoms with Crippen LogP contribution in [0, 0.1) is 20.8 Å². The first-order valence-electron chi connectivity index (χ1n) is 9.06. The number of benzene rings is 2. The number of hydrogen-bond acceptors (Lipinski definition) is 5. The summed E-state index contributed by atoms with van der Waals surface area (Å²) in [7, 11) is 0. The van der Waals surface area contributed by atoms with Gasteiger partial charge in [0, 0.05) is 17.4 Å². The molecule has 1 amide bonds. The maximum Gasteiger partial charge on any atom is 0.339 e. The van der Waals surface area contributed by atoms with Crippen LogP contribution >= 0.6 is 11.3 Å². The van der Waals surface area contributed by atoms with E-state index in [1.165, 1.54) is 16.9 Å². The molecule has 0 unspecified atom stereocenters. The van der Waals surface area contributed by atoms with E-state index in [2.05, 4.69) is 43.2 Å². The van der Waals surface area contributed by atoms with Gasteiger partial charge in [-0.15, -0.1) is 11.3 Å². The Labute approximate surface area is 167 Å².